The molecule has 6 unspecified atom stereocenters. The number of hydrogen-bond donors (Lipinski definition) is 3. The molecule has 1 heterocycles. The number of hydrogen-bond acceptors (Lipinski definition) is 4. The average Bonchev–Trinajstić information content (AvgIpc) is 2.88. The third kappa shape index (κ3) is 1.60. The van der Waals surface area contributed by atoms with E-state index in [1.807, 2.05) is 0 Å². The Kier molecular flexibility index (Phi) is 2.65. The summed E-state index contributed by atoms with van der Waals surface area (Å²) < 4.78 is 0. The molecule has 5 heteroatoms. The number of aliphatic hydroxyl groups is 1. The SMILES string of the molecule is CC(CC(=O)NN)N1CC2CC3CC2C1C3O. The Hall–Kier alpha value is -0.650. The second kappa shape index (κ2) is 3.93. The van der Waals surface area contributed by atoms with Crippen molar-refractivity contribution in [3.05, 3.63) is 0 Å². The third-order valence-corrected chi connectivity index (χ3v) is 5.09. The molecule has 5 nitrogen and oxygen atoms in total. The number of fused-ring (bicyclic) bond motifs is 1. The minimum atomic E-state index is -0.179. The standard InChI is InChI=1S/C12H21N3O2/c1-6(2-10(16)14-13)15-5-8-3-7-4-9(8)11(15)12(7)17/h6-9,11-12,17H,2-5,13H2,1H3,(H,14,16). The number of nitrogens with one attached hydrogen (secondary N) is 1. The lowest BCUT2D eigenvalue weighted by Crippen LogP contribution is -2.46. The van der Waals surface area contributed by atoms with E-state index in [1.165, 1.54) is 12.8 Å². The Bertz CT molecular complexity index is 334. The second-order valence-corrected chi connectivity index (χ2v) is 5.95. The topological polar surface area (TPSA) is 78.6 Å². The van der Waals surface area contributed by atoms with E-state index in [-0.39, 0.29) is 18.1 Å². The van der Waals surface area contributed by atoms with Gasteiger partial charge in [-0.25, -0.2) is 5.84 Å². The summed E-state index contributed by atoms with van der Waals surface area (Å²) in [4.78, 5) is 13.7. The fourth-order valence-corrected chi connectivity index (χ4v) is 4.39. The molecular weight excluding hydrogens is 218 g/mol. The van der Waals surface area contributed by atoms with E-state index in [2.05, 4.69) is 17.2 Å². The monoisotopic (exact) mass is 239 g/mol. The van der Waals surface area contributed by atoms with E-state index in [4.69, 9.17) is 5.84 Å². The molecule has 3 rings (SSSR count). The first kappa shape index (κ1) is 11.4. The summed E-state index contributed by atoms with van der Waals surface area (Å²) in [6.45, 7) is 3.10. The van der Waals surface area contributed by atoms with Gasteiger partial charge < -0.3 is 5.11 Å². The lowest BCUT2D eigenvalue weighted by Gasteiger charge is -2.32. The molecule has 96 valence electrons. The Morgan fingerprint density at radius 1 is 1.53 bits per heavy atom. The summed E-state index contributed by atoms with van der Waals surface area (Å²) >= 11 is 0. The zero-order valence-electron chi connectivity index (χ0n) is 10.2. The molecule has 2 aliphatic carbocycles. The van der Waals surface area contributed by atoms with Gasteiger partial charge in [0.25, 0.3) is 0 Å². The van der Waals surface area contributed by atoms with Crippen molar-refractivity contribution in [3.63, 3.8) is 0 Å². The van der Waals surface area contributed by atoms with Gasteiger partial charge in [-0.15, -0.1) is 0 Å². The Morgan fingerprint density at radius 2 is 2.29 bits per heavy atom. The number of carbonyl (C=O) groups excluding carboxylic acids is 1. The van der Waals surface area contributed by atoms with Crippen molar-refractivity contribution in [1.82, 2.24) is 10.3 Å². The molecule has 1 amide bonds. The number of amides is 1. The number of rotatable bonds is 3. The number of aliphatic hydroxyl groups excluding tert-OH is 1. The van der Waals surface area contributed by atoms with Gasteiger partial charge in [0.15, 0.2) is 0 Å². The lowest BCUT2D eigenvalue weighted by molar-refractivity contribution is -0.122. The van der Waals surface area contributed by atoms with Gasteiger partial charge in [-0.3, -0.25) is 15.1 Å². The van der Waals surface area contributed by atoms with E-state index < -0.39 is 0 Å². The maximum Gasteiger partial charge on any atom is 0.235 e. The Labute approximate surface area is 101 Å². The molecule has 6 atom stereocenters. The highest BCUT2D eigenvalue weighted by Gasteiger charge is 2.59. The first-order valence-electron chi connectivity index (χ1n) is 6.55. The highest BCUT2D eigenvalue weighted by atomic mass is 16.3. The number of carbonyl (C=O) groups is 1. The predicted octanol–water partition coefficient (Wildman–Crippen LogP) is -0.544. The van der Waals surface area contributed by atoms with Crippen LogP contribution in [0.5, 0.6) is 0 Å². The molecule has 2 saturated carbocycles. The Balaban J connectivity index is 1.71. The zero-order chi connectivity index (χ0) is 12.2. The van der Waals surface area contributed by atoms with Gasteiger partial charge in [0.2, 0.25) is 5.91 Å². The van der Waals surface area contributed by atoms with Crippen molar-refractivity contribution >= 4 is 5.91 Å². The van der Waals surface area contributed by atoms with Crippen LogP contribution < -0.4 is 11.3 Å². The van der Waals surface area contributed by atoms with Gasteiger partial charge >= 0.3 is 0 Å². The van der Waals surface area contributed by atoms with Crippen molar-refractivity contribution < 1.29 is 9.90 Å². The molecule has 0 aromatic heterocycles. The normalized spacial score (nSPS) is 45.2. The van der Waals surface area contributed by atoms with Gasteiger partial charge in [0.1, 0.15) is 0 Å². The molecule has 3 fully saturated rings. The number of likely N-dealkylation sites (tertiary alicyclic amines) is 1. The molecule has 0 radical (unpaired) electrons. The van der Waals surface area contributed by atoms with Crippen LogP contribution in [-0.2, 0) is 4.79 Å². The molecule has 0 spiro atoms. The van der Waals surface area contributed by atoms with E-state index >= 15 is 0 Å². The van der Waals surface area contributed by atoms with Crippen molar-refractivity contribution in [1.29, 1.82) is 0 Å². The largest absolute Gasteiger partial charge is 0.391 e. The first-order chi connectivity index (χ1) is 8.11. The van der Waals surface area contributed by atoms with E-state index in [9.17, 15) is 9.90 Å². The molecule has 1 aliphatic heterocycles. The van der Waals surface area contributed by atoms with Crippen LogP contribution in [0.4, 0.5) is 0 Å². The lowest BCUT2D eigenvalue weighted by atomic mass is 9.88. The fraction of sp³-hybridized carbons (Fsp3) is 0.917. The molecular formula is C12H21N3O2. The summed E-state index contributed by atoms with van der Waals surface area (Å²) in [5.74, 6) is 6.92. The third-order valence-electron chi connectivity index (χ3n) is 5.09. The number of hydrazine groups is 1. The molecule has 4 N–H and O–H groups in total. The summed E-state index contributed by atoms with van der Waals surface area (Å²) in [6, 6.07) is 0.460. The van der Waals surface area contributed by atoms with Crippen LogP contribution in [0.2, 0.25) is 0 Å². The van der Waals surface area contributed by atoms with Gasteiger partial charge in [-0.1, -0.05) is 0 Å². The van der Waals surface area contributed by atoms with Crippen LogP contribution in [0.3, 0.4) is 0 Å². The summed E-state index contributed by atoms with van der Waals surface area (Å²) in [6.07, 6.45) is 2.60. The van der Waals surface area contributed by atoms with Crippen LogP contribution in [0.15, 0.2) is 0 Å². The second-order valence-electron chi connectivity index (χ2n) is 5.95. The van der Waals surface area contributed by atoms with E-state index in [1.54, 1.807) is 0 Å². The first-order valence-corrected chi connectivity index (χ1v) is 6.55. The molecule has 0 aromatic carbocycles. The van der Waals surface area contributed by atoms with Crippen LogP contribution in [-0.4, -0.2) is 40.6 Å². The van der Waals surface area contributed by atoms with Gasteiger partial charge in [-0.05, 0) is 37.5 Å². The van der Waals surface area contributed by atoms with Gasteiger partial charge in [0, 0.05) is 25.0 Å². The highest BCUT2D eigenvalue weighted by molar-refractivity contribution is 5.75. The van der Waals surface area contributed by atoms with Crippen molar-refractivity contribution in [2.24, 2.45) is 23.6 Å². The van der Waals surface area contributed by atoms with Crippen LogP contribution in [0.1, 0.15) is 26.2 Å². The number of nitrogens with zero attached hydrogens (tertiary/aromatic N) is 1. The Morgan fingerprint density at radius 3 is 2.94 bits per heavy atom. The van der Waals surface area contributed by atoms with Crippen LogP contribution >= 0.6 is 0 Å². The fourth-order valence-electron chi connectivity index (χ4n) is 4.39. The predicted molar refractivity (Wildman–Crippen MR) is 62.6 cm³/mol. The number of nitrogens with two attached hydrogens (primary N) is 1. The highest BCUT2D eigenvalue weighted by Crippen LogP contribution is 2.55. The average molecular weight is 239 g/mol. The molecule has 0 aromatic rings. The molecule has 17 heavy (non-hydrogen) atoms. The van der Waals surface area contributed by atoms with Crippen molar-refractivity contribution in [3.8, 4) is 0 Å². The molecule has 2 bridgehead atoms. The van der Waals surface area contributed by atoms with Gasteiger partial charge in [-0.2, -0.15) is 0 Å². The van der Waals surface area contributed by atoms with E-state index in [0.717, 1.165) is 12.5 Å². The minimum absolute atomic E-state index is 0.124. The maximum atomic E-state index is 11.3. The van der Waals surface area contributed by atoms with Crippen LogP contribution in [0.25, 0.3) is 0 Å². The van der Waals surface area contributed by atoms with Crippen LogP contribution in [0, 0.1) is 17.8 Å². The summed E-state index contributed by atoms with van der Waals surface area (Å²) in [5, 5.41) is 10.2. The summed E-state index contributed by atoms with van der Waals surface area (Å²) in [7, 11) is 0. The van der Waals surface area contributed by atoms with E-state index in [0.29, 0.717) is 24.3 Å². The van der Waals surface area contributed by atoms with Crippen molar-refractivity contribution in [2.45, 2.75) is 44.4 Å². The van der Waals surface area contributed by atoms with Gasteiger partial charge in [0.05, 0.1) is 6.10 Å². The molecule has 3 aliphatic rings. The quantitative estimate of drug-likeness (QED) is 0.351. The summed E-state index contributed by atoms with van der Waals surface area (Å²) in [5.41, 5.74) is 2.18. The smallest absolute Gasteiger partial charge is 0.235 e. The minimum Gasteiger partial charge on any atom is -0.391 e. The molecule has 1 saturated heterocycles. The van der Waals surface area contributed by atoms with Crippen molar-refractivity contribution in [2.75, 3.05) is 6.54 Å². The maximum absolute atomic E-state index is 11.3. The zero-order valence-corrected chi connectivity index (χ0v) is 10.2.